The smallest absolute Gasteiger partial charge is 0.349 e. The molecule has 1 fully saturated rings. The molecule has 1 N–H and O–H groups in total. The molecule has 0 aliphatic carbocycles. The maximum absolute atomic E-state index is 13.9. The van der Waals surface area contributed by atoms with Gasteiger partial charge in [-0.05, 0) is 60.9 Å². The van der Waals surface area contributed by atoms with Gasteiger partial charge in [0, 0.05) is 60.5 Å². The maximum Gasteiger partial charge on any atom is 0.349 e. The van der Waals surface area contributed by atoms with E-state index in [0.717, 1.165) is 17.8 Å². The van der Waals surface area contributed by atoms with Crippen molar-refractivity contribution in [3.05, 3.63) is 147 Å². The third-order valence-electron chi connectivity index (χ3n) is 8.82. The van der Waals surface area contributed by atoms with Gasteiger partial charge in [-0.25, -0.2) is 4.79 Å². The molecule has 1 saturated heterocycles. The summed E-state index contributed by atoms with van der Waals surface area (Å²) in [6.07, 6.45) is 2.63. The summed E-state index contributed by atoms with van der Waals surface area (Å²) in [6.45, 7) is 6.03. The van der Waals surface area contributed by atoms with E-state index in [-0.39, 0.29) is 28.9 Å². The van der Waals surface area contributed by atoms with Crippen molar-refractivity contribution in [3.63, 3.8) is 0 Å². The molecule has 7 rings (SSSR count). The van der Waals surface area contributed by atoms with Crippen LogP contribution in [-0.4, -0.2) is 36.0 Å². The van der Waals surface area contributed by atoms with E-state index in [1.165, 1.54) is 6.07 Å². The van der Waals surface area contributed by atoms with Crippen LogP contribution in [0.3, 0.4) is 0 Å². The predicted octanol–water partition coefficient (Wildman–Crippen LogP) is 5.66. The molecule has 0 radical (unpaired) electrons. The van der Waals surface area contributed by atoms with Crippen molar-refractivity contribution in [1.29, 1.82) is 0 Å². The van der Waals surface area contributed by atoms with Crippen LogP contribution in [-0.2, 0) is 6.54 Å². The molecule has 2 aliphatic heterocycles. The number of pyridine rings is 1. The van der Waals surface area contributed by atoms with E-state index >= 15 is 0 Å². The first kappa shape index (κ1) is 29.0. The van der Waals surface area contributed by atoms with E-state index in [4.69, 9.17) is 4.42 Å². The van der Waals surface area contributed by atoms with Crippen LogP contribution in [0.5, 0.6) is 0 Å². The Morgan fingerprint density at radius 1 is 0.913 bits per heavy atom. The SMILES string of the molecule is C=CCN(C(=O)c1ccc(N2C[C@H]3C[C@@H](C2)c2cccc(=O)n2C3)c(NC(=O)c2cc3ccccc3oc2=O)c1)c1ccccc1. The highest BCUT2D eigenvalue weighted by molar-refractivity contribution is 6.10. The largest absolute Gasteiger partial charge is 0.422 e. The first-order valence-corrected chi connectivity index (χ1v) is 15.3. The second kappa shape index (κ2) is 12.0. The van der Waals surface area contributed by atoms with Gasteiger partial charge in [-0.3, -0.25) is 14.4 Å². The predicted molar refractivity (Wildman–Crippen MR) is 179 cm³/mol. The Kier molecular flexibility index (Phi) is 7.58. The average Bonchev–Trinajstić information content (AvgIpc) is 3.07. The number of anilines is 3. The minimum absolute atomic E-state index is 0.00757. The average molecular weight is 613 g/mol. The van der Waals surface area contributed by atoms with Crippen LogP contribution in [0.25, 0.3) is 11.0 Å². The van der Waals surface area contributed by atoms with Gasteiger partial charge in [-0.1, -0.05) is 48.5 Å². The number of carbonyl (C=O) groups excluding carboxylic acids is 2. The van der Waals surface area contributed by atoms with E-state index in [2.05, 4.69) is 16.8 Å². The quantitative estimate of drug-likeness (QED) is 0.188. The van der Waals surface area contributed by atoms with Crippen LogP contribution in [0.2, 0.25) is 0 Å². The van der Waals surface area contributed by atoms with Crippen LogP contribution in [0.1, 0.15) is 38.7 Å². The summed E-state index contributed by atoms with van der Waals surface area (Å²) in [4.78, 5) is 56.9. The van der Waals surface area contributed by atoms with Crippen LogP contribution in [0.4, 0.5) is 17.1 Å². The fourth-order valence-electron chi connectivity index (χ4n) is 6.75. The molecule has 4 heterocycles. The third kappa shape index (κ3) is 5.40. The van der Waals surface area contributed by atoms with E-state index in [1.807, 2.05) is 47.0 Å². The number of rotatable bonds is 7. The summed E-state index contributed by atoms with van der Waals surface area (Å²) < 4.78 is 7.31. The number of amides is 2. The Morgan fingerprint density at radius 3 is 2.54 bits per heavy atom. The molecule has 0 spiro atoms. The fraction of sp³-hybridized carbons (Fsp3) is 0.189. The molecule has 3 aromatic carbocycles. The lowest BCUT2D eigenvalue weighted by Crippen LogP contribution is -2.47. The fourth-order valence-corrected chi connectivity index (χ4v) is 6.75. The number of aromatic nitrogens is 1. The molecule has 2 amide bonds. The van der Waals surface area contributed by atoms with Crippen molar-refractivity contribution in [2.45, 2.75) is 18.9 Å². The number of nitrogens with one attached hydrogen (secondary N) is 1. The lowest BCUT2D eigenvalue weighted by Gasteiger charge is -2.44. The minimum Gasteiger partial charge on any atom is -0.422 e. The molecular weight excluding hydrogens is 580 g/mol. The summed E-state index contributed by atoms with van der Waals surface area (Å²) >= 11 is 0. The van der Waals surface area contributed by atoms with Gasteiger partial charge >= 0.3 is 5.63 Å². The Labute approximate surface area is 265 Å². The molecule has 0 unspecified atom stereocenters. The maximum atomic E-state index is 13.9. The highest BCUT2D eigenvalue weighted by atomic mass is 16.4. The van der Waals surface area contributed by atoms with Gasteiger partial charge in [0.1, 0.15) is 11.1 Å². The van der Waals surface area contributed by atoms with Gasteiger partial charge < -0.3 is 24.1 Å². The number of hydrogen-bond acceptors (Lipinski definition) is 6. The van der Waals surface area contributed by atoms with Crippen LogP contribution < -0.4 is 26.3 Å². The third-order valence-corrected chi connectivity index (χ3v) is 8.82. The first-order valence-electron chi connectivity index (χ1n) is 15.3. The second-order valence-electron chi connectivity index (χ2n) is 11.8. The van der Waals surface area contributed by atoms with E-state index in [1.54, 1.807) is 59.5 Å². The van der Waals surface area contributed by atoms with Crippen molar-refractivity contribution in [1.82, 2.24) is 4.57 Å². The zero-order chi connectivity index (χ0) is 31.8. The number of benzene rings is 3. The van der Waals surface area contributed by atoms with Gasteiger partial charge in [0.25, 0.3) is 17.4 Å². The molecule has 2 aromatic heterocycles. The zero-order valence-corrected chi connectivity index (χ0v) is 25.1. The summed E-state index contributed by atoms with van der Waals surface area (Å²) in [6, 6.07) is 28.5. The zero-order valence-electron chi connectivity index (χ0n) is 25.1. The molecule has 2 aliphatic rings. The Morgan fingerprint density at radius 2 is 1.72 bits per heavy atom. The van der Waals surface area contributed by atoms with Gasteiger partial charge in [0.05, 0.1) is 11.4 Å². The number of para-hydroxylation sites is 2. The molecule has 230 valence electrons. The van der Waals surface area contributed by atoms with Crippen molar-refractivity contribution >= 4 is 39.8 Å². The molecule has 9 nitrogen and oxygen atoms in total. The number of hydrogen-bond donors (Lipinski definition) is 1. The van der Waals surface area contributed by atoms with Gasteiger partial charge in [0.2, 0.25) is 0 Å². The normalized spacial score (nSPS) is 16.8. The summed E-state index contributed by atoms with van der Waals surface area (Å²) in [5, 5.41) is 3.57. The number of carbonyl (C=O) groups is 2. The van der Waals surface area contributed by atoms with Gasteiger partial charge in [-0.2, -0.15) is 0 Å². The van der Waals surface area contributed by atoms with Crippen molar-refractivity contribution in [2.24, 2.45) is 5.92 Å². The van der Waals surface area contributed by atoms with Crippen LogP contribution in [0.15, 0.2) is 124 Å². The summed E-state index contributed by atoms with van der Waals surface area (Å²) in [7, 11) is 0. The Balaban J connectivity index is 1.27. The summed E-state index contributed by atoms with van der Waals surface area (Å²) in [5.74, 6) is -0.544. The van der Waals surface area contributed by atoms with E-state index in [9.17, 15) is 19.2 Å². The minimum atomic E-state index is -0.749. The molecule has 5 aromatic rings. The number of nitrogens with zero attached hydrogens (tertiary/aromatic N) is 3. The molecule has 0 saturated carbocycles. The number of fused-ring (bicyclic) bond motifs is 5. The highest BCUT2D eigenvalue weighted by Gasteiger charge is 2.35. The molecule has 2 bridgehead atoms. The molecule has 46 heavy (non-hydrogen) atoms. The van der Waals surface area contributed by atoms with Gasteiger partial charge in [-0.15, -0.1) is 6.58 Å². The van der Waals surface area contributed by atoms with Crippen LogP contribution >= 0.6 is 0 Å². The first-order chi connectivity index (χ1) is 22.4. The van der Waals surface area contributed by atoms with Crippen molar-refractivity contribution in [3.8, 4) is 0 Å². The standard InChI is InChI=1S/C37H32N4O5/c1-2-17-40(28-10-4-3-5-11-28)36(44)26-15-16-32(39-21-24-18-27(23-39)31-12-8-14-34(42)41(31)22-24)30(20-26)38-35(43)29-19-25-9-6-7-13-33(25)46-37(29)45/h2-16,19-20,24,27H,1,17-18,21-23H2,(H,38,43)/t24-,27+/m1/s1. The number of piperidine rings is 1. The van der Waals surface area contributed by atoms with Crippen molar-refractivity contribution < 1.29 is 14.0 Å². The lowest BCUT2D eigenvalue weighted by atomic mass is 9.83. The highest BCUT2D eigenvalue weighted by Crippen LogP contribution is 2.39. The topological polar surface area (TPSA) is 105 Å². The second-order valence-corrected chi connectivity index (χ2v) is 11.8. The van der Waals surface area contributed by atoms with Gasteiger partial charge in [0.15, 0.2) is 0 Å². The lowest BCUT2D eigenvalue weighted by molar-refractivity contribution is 0.0986. The molecule has 9 heteroatoms. The molecular formula is C37H32N4O5. The van der Waals surface area contributed by atoms with E-state index in [0.29, 0.717) is 54.1 Å². The summed E-state index contributed by atoms with van der Waals surface area (Å²) in [5.41, 5.74) is 2.73. The molecule has 2 atom stereocenters. The Bertz CT molecular complexity index is 2100. The van der Waals surface area contributed by atoms with Crippen LogP contribution in [0, 0.1) is 5.92 Å². The Hall–Kier alpha value is -5.70. The van der Waals surface area contributed by atoms with E-state index < -0.39 is 11.5 Å². The monoisotopic (exact) mass is 612 g/mol. The van der Waals surface area contributed by atoms with Crippen molar-refractivity contribution in [2.75, 3.05) is 34.8 Å².